The second-order valence-corrected chi connectivity index (χ2v) is 6.39. The Morgan fingerprint density at radius 1 is 1.46 bits per heavy atom. The number of piperazine rings is 1. The van der Waals surface area contributed by atoms with Crippen molar-refractivity contribution in [1.29, 1.82) is 0 Å². The van der Waals surface area contributed by atoms with Crippen LogP contribution in [0, 0.1) is 5.21 Å². The molecule has 24 heavy (non-hydrogen) atoms. The molecule has 9 heteroatoms. The Hall–Kier alpha value is -1.52. The minimum Gasteiger partial charge on any atom is -0.607 e. The summed E-state index contributed by atoms with van der Waals surface area (Å²) in [4.78, 5) is 24.7. The fourth-order valence-electron chi connectivity index (χ4n) is 3.23. The van der Waals surface area contributed by atoms with E-state index in [4.69, 9.17) is 4.84 Å². The average Bonchev–Trinajstić information content (AvgIpc) is 2.62. The first-order chi connectivity index (χ1) is 11.6. The quantitative estimate of drug-likeness (QED) is 0.444. The molecule has 9 nitrogen and oxygen atoms in total. The van der Waals surface area contributed by atoms with Crippen LogP contribution in [0.5, 0.6) is 0 Å². The summed E-state index contributed by atoms with van der Waals surface area (Å²) in [6.07, 6.45) is 2.50. The number of hydroxylamine groups is 3. The maximum Gasteiger partial charge on any atom is 0.298 e. The zero-order valence-corrected chi connectivity index (χ0v) is 14.3. The lowest BCUT2D eigenvalue weighted by molar-refractivity contribution is -0.972. The molecule has 1 saturated heterocycles. The molecule has 134 valence electrons. The van der Waals surface area contributed by atoms with Gasteiger partial charge in [0.15, 0.2) is 6.04 Å². The molecule has 3 aliphatic rings. The molecule has 0 radical (unpaired) electrons. The second-order valence-electron chi connectivity index (χ2n) is 6.39. The largest absolute Gasteiger partial charge is 0.607 e. The number of carbonyl (C=O) groups is 1. The van der Waals surface area contributed by atoms with Crippen molar-refractivity contribution >= 4 is 12.2 Å². The number of quaternary nitrogens is 1. The molecule has 0 aromatic carbocycles. The number of aliphatic imine (C=N–C) groups is 1. The molecule has 0 aromatic heterocycles. The lowest BCUT2D eigenvalue weighted by atomic mass is 10.0. The molecule has 3 heterocycles. The van der Waals surface area contributed by atoms with Crippen LogP contribution in [0.1, 0.15) is 13.3 Å². The van der Waals surface area contributed by atoms with Crippen LogP contribution in [-0.2, 0) is 9.63 Å². The van der Waals surface area contributed by atoms with Gasteiger partial charge in [0.1, 0.15) is 12.0 Å². The minimum atomic E-state index is -0.381. The number of carbonyl (C=O) groups excluding carboxylic acids is 1. The van der Waals surface area contributed by atoms with E-state index < -0.39 is 0 Å². The highest BCUT2D eigenvalue weighted by Gasteiger charge is 2.37. The summed E-state index contributed by atoms with van der Waals surface area (Å²) in [5, 5.41) is 17.9. The molecule has 0 spiro atoms. The summed E-state index contributed by atoms with van der Waals surface area (Å²) in [6, 6.07) is -0.381. The van der Waals surface area contributed by atoms with E-state index in [1.54, 1.807) is 18.3 Å². The van der Waals surface area contributed by atoms with Gasteiger partial charge in [-0.1, -0.05) is 0 Å². The topological polar surface area (TPSA) is 87.9 Å². The summed E-state index contributed by atoms with van der Waals surface area (Å²) in [7, 11) is 1.52. The zero-order chi connectivity index (χ0) is 17.1. The number of nitrogens with zero attached hydrogens (tertiary/aromatic N) is 4. The van der Waals surface area contributed by atoms with E-state index in [2.05, 4.69) is 15.2 Å². The van der Waals surface area contributed by atoms with Crippen LogP contribution in [0.15, 0.2) is 16.3 Å². The summed E-state index contributed by atoms with van der Waals surface area (Å²) in [6.45, 7) is 7.95. The minimum absolute atomic E-state index is 0.207. The highest BCUT2D eigenvalue weighted by Crippen LogP contribution is 2.19. The van der Waals surface area contributed by atoms with Gasteiger partial charge in [-0.3, -0.25) is 14.8 Å². The van der Waals surface area contributed by atoms with E-state index in [0.29, 0.717) is 24.4 Å². The van der Waals surface area contributed by atoms with Gasteiger partial charge in [-0.25, -0.2) is 10.1 Å². The van der Waals surface area contributed by atoms with Crippen LogP contribution in [0.25, 0.3) is 0 Å². The lowest BCUT2D eigenvalue weighted by Gasteiger charge is -2.41. The van der Waals surface area contributed by atoms with Gasteiger partial charge in [0.05, 0.1) is 25.8 Å². The van der Waals surface area contributed by atoms with Gasteiger partial charge >= 0.3 is 0 Å². The van der Waals surface area contributed by atoms with Crippen molar-refractivity contribution in [2.24, 2.45) is 4.99 Å². The Morgan fingerprint density at radius 2 is 2.21 bits per heavy atom. The maximum absolute atomic E-state index is 12.3. The smallest absolute Gasteiger partial charge is 0.298 e. The number of hydrogen-bond acceptors (Lipinski definition) is 7. The van der Waals surface area contributed by atoms with Gasteiger partial charge in [-0.15, -0.1) is 0 Å². The van der Waals surface area contributed by atoms with Crippen molar-refractivity contribution in [1.82, 2.24) is 20.3 Å². The molecule has 2 unspecified atom stereocenters. The fourth-order valence-corrected chi connectivity index (χ4v) is 3.23. The van der Waals surface area contributed by atoms with Crippen molar-refractivity contribution in [2.75, 3.05) is 52.9 Å². The molecule has 2 atom stereocenters. The Bertz CT molecular complexity index is 531. The zero-order valence-electron chi connectivity index (χ0n) is 14.3. The standard InChI is InChI=1S/C15H26N6O3/c1-12-14-13(15(22)18(2)21(12)23)10-20(11-17-14)24-9-3-6-19-7-4-16-5-8-19/h11-12,16,21H,3-10H2,1-2H3. The molecule has 2 N–H and O–H groups in total. The van der Waals surface area contributed by atoms with Gasteiger partial charge < -0.3 is 15.4 Å². The van der Waals surface area contributed by atoms with Crippen molar-refractivity contribution in [3.8, 4) is 0 Å². The van der Waals surface area contributed by atoms with E-state index in [9.17, 15) is 10.0 Å². The van der Waals surface area contributed by atoms with Crippen LogP contribution < -0.4 is 10.5 Å². The first kappa shape index (κ1) is 17.3. The van der Waals surface area contributed by atoms with Gasteiger partial charge in [0.2, 0.25) is 0 Å². The average molecular weight is 338 g/mol. The number of rotatable bonds is 5. The van der Waals surface area contributed by atoms with Crippen LogP contribution in [0.3, 0.4) is 0 Å². The van der Waals surface area contributed by atoms with Crippen molar-refractivity contribution in [3.63, 3.8) is 0 Å². The summed E-state index contributed by atoms with van der Waals surface area (Å²) >= 11 is 0. The van der Waals surface area contributed by atoms with Crippen molar-refractivity contribution in [3.05, 3.63) is 16.5 Å². The Balaban J connectivity index is 1.47. The number of nitrogens with one attached hydrogen (secondary N) is 2. The molecule has 0 aliphatic carbocycles. The molecule has 3 rings (SSSR count). The second kappa shape index (κ2) is 7.58. The highest BCUT2D eigenvalue weighted by molar-refractivity contribution is 5.95. The Morgan fingerprint density at radius 3 is 2.96 bits per heavy atom. The van der Waals surface area contributed by atoms with Crippen LogP contribution in [-0.4, -0.2) is 86.2 Å². The molecular formula is C15H26N6O3. The molecule has 3 aliphatic heterocycles. The normalized spacial score (nSPS) is 28.5. The van der Waals surface area contributed by atoms with Crippen molar-refractivity contribution in [2.45, 2.75) is 19.4 Å². The van der Waals surface area contributed by atoms with Gasteiger partial charge in [-0.2, -0.15) is 5.01 Å². The third-order valence-electron chi connectivity index (χ3n) is 4.71. The summed E-state index contributed by atoms with van der Waals surface area (Å²) in [5.74, 6) is -0.278. The third-order valence-corrected chi connectivity index (χ3v) is 4.71. The third kappa shape index (κ3) is 3.60. The lowest BCUT2D eigenvalue weighted by Crippen LogP contribution is -3.18. The SMILES string of the molecule is CC1C2=C(CN(OCCCN3CCNCC3)C=N2)C(=O)N(C)[NH+]1[O-]. The van der Waals surface area contributed by atoms with Gasteiger partial charge in [-0.05, 0) is 13.3 Å². The molecule has 0 saturated carbocycles. The predicted octanol–water partition coefficient (Wildman–Crippen LogP) is -2.03. The fraction of sp³-hybridized carbons (Fsp3) is 0.733. The van der Waals surface area contributed by atoms with Crippen molar-refractivity contribution < 1.29 is 14.8 Å². The molecule has 1 fully saturated rings. The summed E-state index contributed by atoms with van der Waals surface area (Å²) < 4.78 is 0. The van der Waals surface area contributed by atoms with E-state index in [1.807, 2.05) is 0 Å². The predicted molar refractivity (Wildman–Crippen MR) is 88.7 cm³/mol. The summed E-state index contributed by atoms with van der Waals surface area (Å²) in [5.41, 5.74) is 1.12. The van der Waals surface area contributed by atoms with E-state index in [-0.39, 0.29) is 17.1 Å². The maximum atomic E-state index is 12.3. The Labute approximate surface area is 142 Å². The van der Waals surface area contributed by atoms with E-state index in [1.165, 1.54) is 12.1 Å². The van der Waals surface area contributed by atoms with Crippen LogP contribution in [0.2, 0.25) is 0 Å². The first-order valence-electron chi connectivity index (χ1n) is 8.49. The Kier molecular flexibility index (Phi) is 5.47. The van der Waals surface area contributed by atoms with Gasteiger partial charge in [0.25, 0.3) is 5.91 Å². The van der Waals surface area contributed by atoms with Crippen LogP contribution >= 0.6 is 0 Å². The monoisotopic (exact) mass is 338 g/mol. The molecule has 1 amide bonds. The molecule has 0 aromatic rings. The first-order valence-corrected chi connectivity index (χ1v) is 8.49. The number of amides is 1. The van der Waals surface area contributed by atoms with E-state index in [0.717, 1.165) is 39.1 Å². The van der Waals surface area contributed by atoms with Gasteiger partial charge in [0, 0.05) is 32.7 Å². The number of likely N-dealkylation sites (N-methyl/N-ethyl adjacent to an activating group) is 1. The number of hydrogen-bond donors (Lipinski definition) is 2. The highest BCUT2D eigenvalue weighted by atomic mass is 16.7. The molecular weight excluding hydrogens is 312 g/mol. The molecule has 0 bridgehead atoms. The van der Waals surface area contributed by atoms with Crippen LogP contribution in [0.4, 0.5) is 0 Å². The van der Waals surface area contributed by atoms with E-state index >= 15 is 0 Å².